The van der Waals surface area contributed by atoms with Crippen molar-refractivity contribution in [2.45, 2.75) is 32.0 Å². The molecule has 0 N–H and O–H groups in total. The predicted octanol–water partition coefficient (Wildman–Crippen LogP) is 3.42. The van der Waals surface area contributed by atoms with E-state index in [2.05, 4.69) is 4.90 Å². The van der Waals surface area contributed by atoms with Crippen molar-refractivity contribution < 1.29 is 23.7 Å². The molecule has 9 heteroatoms. The smallest absolute Gasteiger partial charge is 0.270 e. The summed E-state index contributed by atoms with van der Waals surface area (Å²) < 4.78 is 23.9. The highest BCUT2D eigenvalue weighted by molar-refractivity contribution is 5.93. The molecule has 3 saturated heterocycles. The fraction of sp³-hybridized carbons (Fsp3) is 0.400. The lowest BCUT2D eigenvalue weighted by atomic mass is 10.0. The molecule has 1 amide bonds. The fourth-order valence-electron chi connectivity index (χ4n) is 5.33. The van der Waals surface area contributed by atoms with Crippen LogP contribution < -0.4 is 24.4 Å². The van der Waals surface area contributed by atoms with Gasteiger partial charge in [0, 0.05) is 49.9 Å². The van der Waals surface area contributed by atoms with Crippen LogP contribution in [0.1, 0.15) is 34.5 Å². The van der Waals surface area contributed by atoms with E-state index in [0.717, 1.165) is 49.4 Å². The van der Waals surface area contributed by atoms with Crippen molar-refractivity contribution in [3.63, 3.8) is 0 Å². The number of aromatic nitrogens is 1. The van der Waals surface area contributed by atoms with E-state index < -0.39 is 0 Å². The summed E-state index contributed by atoms with van der Waals surface area (Å²) in [5.74, 6) is 2.10. The first-order valence-corrected chi connectivity index (χ1v) is 13.2. The number of carbonyl (C=O) groups excluding carboxylic acids is 1. The Morgan fingerprint density at radius 1 is 0.846 bits per heavy atom. The molecule has 3 aromatic rings. The van der Waals surface area contributed by atoms with Crippen molar-refractivity contribution in [3.8, 4) is 23.0 Å². The summed E-state index contributed by atoms with van der Waals surface area (Å²) in [4.78, 5) is 31.5. The normalized spacial score (nSPS) is 18.4. The third-order valence-corrected chi connectivity index (χ3v) is 7.62. The second-order valence-corrected chi connectivity index (χ2v) is 9.90. The molecule has 9 nitrogen and oxygen atoms in total. The Balaban J connectivity index is 1.48. The molecular weight excluding hydrogens is 498 g/mol. The molecular formula is C30H35N3O6. The predicted molar refractivity (Wildman–Crippen MR) is 147 cm³/mol. The van der Waals surface area contributed by atoms with E-state index in [-0.39, 0.29) is 29.7 Å². The van der Waals surface area contributed by atoms with Gasteiger partial charge in [-0.05, 0) is 42.7 Å². The van der Waals surface area contributed by atoms with Gasteiger partial charge < -0.3 is 33.3 Å². The van der Waals surface area contributed by atoms with Gasteiger partial charge in [0.25, 0.3) is 5.91 Å². The van der Waals surface area contributed by atoms with Crippen LogP contribution in [0.25, 0.3) is 0 Å². The summed E-state index contributed by atoms with van der Waals surface area (Å²) in [7, 11) is 4.82. The second kappa shape index (κ2) is 11.8. The molecule has 2 aromatic carbocycles. The maximum absolute atomic E-state index is 14.0. The second-order valence-electron chi connectivity index (χ2n) is 9.90. The number of hydrogen-bond acceptors (Lipinski definition) is 7. The molecule has 2 bridgehead atoms. The molecule has 4 heterocycles. The third-order valence-electron chi connectivity index (χ3n) is 7.62. The standard InChI is InChI=1S/C30H35N3O6/c1-36-24-7-4-21(5-8-24)20-39-29-19-32(18-22-6-9-25(37-2)16-28(22)38-3)26(17-27(29)34)30(35)33-15-14-31-12-10-23(33)11-13-31/h4-9,16-17,19,23H,10-15,18,20H2,1-3H3. The molecule has 0 atom stereocenters. The highest BCUT2D eigenvalue weighted by Gasteiger charge is 2.33. The molecule has 0 spiro atoms. The van der Waals surface area contributed by atoms with Crippen molar-refractivity contribution in [2.24, 2.45) is 0 Å². The fourth-order valence-corrected chi connectivity index (χ4v) is 5.33. The number of piperidine rings is 1. The molecule has 206 valence electrons. The number of amides is 1. The summed E-state index contributed by atoms with van der Waals surface area (Å²) in [6.07, 6.45) is 3.54. The minimum atomic E-state index is -0.326. The van der Waals surface area contributed by atoms with Crippen LogP contribution in [0.15, 0.2) is 59.5 Å². The maximum Gasteiger partial charge on any atom is 0.270 e. The van der Waals surface area contributed by atoms with Crippen LogP contribution in [0.4, 0.5) is 0 Å². The lowest BCUT2D eigenvalue weighted by Crippen LogP contribution is -2.43. The van der Waals surface area contributed by atoms with Crippen LogP contribution in [-0.2, 0) is 13.2 Å². The van der Waals surface area contributed by atoms with Crippen molar-refractivity contribution in [2.75, 3.05) is 47.5 Å². The average Bonchev–Trinajstić information content (AvgIpc) is 3.31. The molecule has 39 heavy (non-hydrogen) atoms. The Bertz CT molecular complexity index is 1360. The van der Waals surface area contributed by atoms with E-state index in [9.17, 15) is 9.59 Å². The van der Waals surface area contributed by atoms with Crippen LogP contribution >= 0.6 is 0 Å². The molecule has 0 radical (unpaired) electrons. The Morgan fingerprint density at radius 2 is 1.56 bits per heavy atom. The van der Waals surface area contributed by atoms with Gasteiger partial charge in [0.1, 0.15) is 29.5 Å². The summed E-state index contributed by atoms with van der Waals surface area (Å²) in [6, 6.07) is 14.6. The van der Waals surface area contributed by atoms with Crippen LogP contribution in [0.5, 0.6) is 23.0 Å². The molecule has 6 rings (SSSR count). The first-order valence-electron chi connectivity index (χ1n) is 13.2. The van der Waals surface area contributed by atoms with E-state index in [4.69, 9.17) is 18.9 Å². The summed E-state index contributed by atoms with van der Waals surface area (Å²) in [6.45, 7) is 4.03. The SMILES string of the molecule is COc1ccc(COc2cn(Cc3ccc(OC)cc3OC)c(C(=O)N3CCN4CCC3CC4)cc2=O)cc1. The minimum absolute atomic E-state index is 0.130. The Labute approximate surface area is 228 Å². The van der Waals surface area contributed by atoms with Crippen LogP contribution in [-0.4, -0.2) is 73.8 Å². The van der Waals surface area contributed by atoms with Gasteiger partial charge in [0.15, 0.2) is 5.75 Å². The number of benzene rings is 2. The average molecular weight is 534 g/mol. The molecule has 3 aliphatic rings. The summed E-state index contributed by atoms with van der Waals surface area (Å²) in [5, 5.41) is 0. The summed E-state index contributed by atoms with van der Waals surface area (Å²) >= 11 is 0. The van der Waals surface area contributed by atoms with Crippen molar-refractivity contribution in [3.05, 3.63) is 81.8 Å². The number of hydrogen-bond donors (Lipinski definition) is 0. The maximum atomic E-state index is 14.0. The first kappa shape index (κ1) is 26.6. The van der Waals surface area contributed by atoms with Gasteiger partial charge in [-0.1, -0.05) is 12.1 Å². The van der Waals surface area contributed by atoms with Gasteiger partial charge in [-0.2, -0.15) is 0 Å². The largest absolute Gasteiger partial charge is 0.497 e. The van der Waals surface area contributed by atoms with Crippen LogP contribution in [0, 0.1) is 0 Å². The quantitative estimate of drug-likeness (QED) is 0.417. The first-order chi connectivity index (χ1) is 19.0. The van der Waals surface area contributed by atoms with E-state index in [0.29, 0.717) is 30.3 Å². The number of rotatable bonds is 9. The molecule has 0 saturated carbocycles. The van der Waals surface area contributed by atoms with Gasteiger partial charge in [0.05, 0.1) is 34.1 Å². The monoisotopic (exact) mass is 533 g/mol. The number of pyridine rings is 1. The van der Waals surface area contributed by atoms with Crippen molar-refractivity contribution in [1.82, 2.24) is 14.4 Å². The molecule has 3 fully saturated rings. The Hall–Kier alpha value is -3.98. The number of fused-ring (bicyclic) bond motifs is 4. The molecule has 0 unspecified atom stereocenters. The zero-order chi connectivity index (χ0) is 27.4. The topological polar surface area (TPSA) is 82.5 Å². The van der Waals surface area contributed by atoms with E-state index in [1.54, 1.807) is 32.1 Å². The highest BCUT2D eigenvalue weighted by atomic mass is 16.5. The zero-order valence-corrected chi connectivity index (χ0v) is 22.7. The van der Waals surface area contributed by atoms with Gasteiger partial charge in [-0.15, -0.1) is 0 Å². The van der Waals surface area contributed by atoms with E-state index in [1.165, 1.54) is 6.07 Å². The van der Waals surface area contributed by atoms with Crippen LogP contribution in [0.3, 0.4) is 0 Å². The van der Waals surface area contributed by atoms with Gasteiger partial charge >= 0.3 is 0 Å². The molecule has 3 aliphatic heterocycles. The number of ether oxygens (including phenoxy) is 4. The number of methoxy groups -OCH3 is 3. The Kier molecular flexibility index (Phi) is 8.07. The highest BCUT2D eigenvalue weighted by Crippen LogP contribution is 2.27. The summed E-state index contributed by atoms with van der Waals surface area (Å²) in [5.41, 5.74) is 1.76. The molecule has 0 aliphatic carbocycles. The molecule has 1 aromatic heterocycles. The number of carbonyl (C=O) groups is 1. The minimum Gasteiger partial charge on any atom is -0.497 e. The number of nitrogens with zero attached hydrogens (tertiary/aromatic N) is 3. The van der Waals surface area contributed by atoms with Gasteiger partial charge in [0.2, 0.25) is 5.43 Å². The zero-order valence-electron chi connectivity index (χ0n) is 22.7. The lowest BCUT2D eigenvalue weighted by Gasteiger charge is -2.32. The van der Waals surface area contributed by atoms with Gasteiger partial charge in [-0.25, -0.2) is 0 Å². The van der Waals surface area contributed by atoms with E-state index in [1.807, 2.05) is 47.4 Å². The lowest BCUT2D eigenvalue weighted by molar-refractivity contribution is 0.0673. The van der Waals surface area contributed by atoms with Crippen molar-refractivity contribution in [1.29, 1.82) is 0 Å². The Morgan fingerprint density at radius 3 is 2.26 bits per heavy atom. The van der Waals surface area contributed by atoms with E-state index >= 15 is 0 Å². The third kappa shape index (κ3) is 5.88. The van der Waals surface area contributed by atoms with Gasteiger partial charge in [-0.3, -0.25) is 9.59 Å². The van der Waals surface area contributed by atoms with Crippen LogP contribution in [0.2, 0.25) is 0 Å². The van der Waals surface area contributed by atoms with Crippen molar-refractivity contribution >= 4 is 5.91 Å².